The summed E-state index contributed by atoms with van der Waals surface area (Å²) in [6, 6.07) is 13.7. The number of hydrogen-bond acceptors (Lipinski definition) is 4. The fourth-order valence-electron chi connectivity index (χ4n) is 4.66. The minimum absolute atomic E-state index is 0.0117. The first-order valence-electron chi connectivity index (χ1n) is 10.1. The number of nitrogens with one attached hydrogen (secondary N) is 1. The molecule has 0 aliphatic carbocycles. The molecule has 0 spiro atoms. The van der Waals surface area contributed by atoms with Crippen molar-refractivity contribution in [2.24, 2.45) is 0 Å². The molecule has 0 amide bonds. The number of benzene rings is 2. The Morgan fingerprint density at radius 1 is 1.07 bits per heavy atom. The normalized spacial score (nSPS) is 20.8. The van der Waals surface area contributed by atoms with E-state index in [-0.39, 0.29) is 23.6 Å². The lowest BCUT2D eigenvalue weighted by atomic mass is 9.99. The van der Waals surface area contributed by atoms with Crippen molar-refractivity contribution >= 4 is 11.0 Å². The number of aromatic nitrogens is 2. The van der Waals surface area contributed by atoms with Crippen LogP contribution in [-0.4, -0.2) is 45.3 Å². The number of rotatable bonds is 3. The third kappa shape index (κ3) is 3.07. The Labute approximate surface area is 163 Å². The second-order valence-corrected chi connectivity index (χ2v) is 7.89. The molecule has 2 aromatic carbocycles. The van der Waals surface area contributed by atoms with Crippen LogP contribution in [0.3, 0.4) is 0 Å². The quantitative estimate of drug-likeness (QED) is 0.734. The van der Waals surface area contributed by atoms with Gasteiger partial charge in [-0.15, -0.1) is 0 Å². The van der Waals surface area contributed by atoms with E-state index in [0.29, 0.717) is 5.75 Å². The zero-order chi connectivity index (χ0) is 19.1. The third-order valence-corrected chi connectivity index (χ3v) is 6.10. The van der Waals surface area contributed by atoms with Crippen molar-refractivity contribution in [2.75, 3.05) is 19.6 Å². The van der Waals surface area contributed by atoms with Crippen LogP contribution in [0.25, 0.3) is 11.0 Å². The van der Waals surface area contributed by atoms with Crippen LogP contribution in [0.4, 0.5) is 0 Å². The number of nitrogens with zero attached hydrogens (tertiary/aromatic N) is 2. The van der Waals surface area contributed by atoms with E-state index in [1.54, 1.807) is 6.07 Å². The summed E-state index contributed by atoms with van der Waals surface area (Å²) in [5.41, 5.74) is 2.98. The summed E-state index contributed by atoms with van der Waals surface area (Å²) < 4.78 is 8.02. The van der Waals surface area contributed by atoms with Gasteiger partial charge in [-0.25, -0.2) is 4.79 Å². The molecular formula is C22H25N3O3. The van der Waals surface area contributed by atoms with Crippen molar-refractivity contribution in [3.63, 3.8) is 0 Å². The average molecular weight is 379 g/mol. The van der Waals surface area contributed by atoms with Crippen LogP contribution in [0.1, 0.15) is 30.9 Å². The molecule has 1 aromatic heterocycles. The Bertz CT molecular complexity index is 1050. The first-order chi connectivity index (χ1) is 13.7. The second-order valence-electron chi connectivity index (χ2n) is 7.89. The highest BCUT2D eigenvalue weighted by molar-refractivity contribution is 5.75. The number of aromatic amines is 1. The number of fused-ring (bicyclic) bond motifs is 2. The van der Waals surface area contributed by atoms with E-state index in [0.717, 1.165) is 61.9 Å². The number of hydrogen-bond donors (Lipinski definition) is 2. The smallest absolute Gasteiger partial charge is 0.326 e. The van der Waals surface area contributed by atoms with E-state index < -0.39 is 0 Å². The standard InChI is InChI=1S/C22H25N3O3/c26-20-7-3-4-15-8-9-17(28-21(15)20)14-24-12-10-16(11-13-24)25-19-6-2-1-5-18(19)23-22(25)27/h1-7,16-17,26H,8-14H2,(H,23,27). The van der Waals surface area contributed by atoms with Crippen molar-refractivity contribution in [1.82, 2.24) is 14.5 Å². The molecule has 2 aliphatic heterocycles. The second kappa shape index (κ2) is 7.02. The van der Waals surface area contributed by atoms with Crippen molar-refractivity contribution in [2.45, 2.75) is 37.8 Å². The van der Waals surface area contributed by atoms with Crippen LogP contribution in [0.2, 0.25) is 0 Å². The van der Waals surface area contributed by atoms with Crippen LogP contribution in [0, 0.1) is 0 Å². The lowest BCUT2D eigenvalue weighted by Crippen LogP contribution is -2.43. The van der Waals surface area contributed by atoms with Crippen molar-refractivity contribution in [3.05, 3.63) is 58.5 Å². The van der Waals surface area contributed by atoms with Crippen LogP contribution < -0.4 is 10.4 Å². The number of imidazole rings is 1. The molecule has 6 nitrogen and oxygen atoms in total. The van der Waals surface area contributed by atoms with E-state index in [1.807, 2.05) is 41.0 Å². The number of likely N-dealkylation sites (tertiary alicyclic amines) is 1. The SMILES string of the molecule is O=c1[nH]c2ccccc2n1C1CCN(CC2CCc3cccc(O)c3O2)CC1. The van der Waals surface area contributed by atoms with Crippen LogP contribution in [-0.2, 0) is 6.42 Å². The molecule has 146 valence electrons. The third-order valence-electron chi connectivity index (χ3n) is 6.10. The van der Waals surface area contributed by atoms with E-state index in [9.17, 15) is 9.90 Å². The highest BCUT2D eigenvalue weighted by Gasteiger charge is 2.28. The van der Waals surface area contributed by atoms with Gasteiger partial charge in [-0.3, -0.25) is 9.47 Å². The minimum Gasteiger partial charge on any atom is -0.504 e. The lowest BCUT2D eigenvalue weighted by Gasteiger charge is -2.36. The topological polar surface area (TPSA) is 70.5 Å². The Hall–Kier alpha value is -2.73. The molecule has 2 N–H and O–H groups in total. The Kier molecular flexibility index (Phi) is 4.36. The Balaban J connectivity index is 1.24. The number of piperidine rings is 1. The predicted molar refractivity (Wildman–Crippen MR) is 108 cm³/mol. The summed E-state index contributed by atoms with van der Waals surface area (Å²) in [5.74, 6) is 0.888. The lowest BCUT2D eigenvalue weighted by molar-refractivity contribution is 0.0902. The van der Waals surface area contributed by atoms with Crippen molar-refractivity contribution in [3.8, 4) is 11.5 Å². The van der Waals surface area contributed by atoms with Gasteiger partial charge in [0.1, 0.15) is 6.10 Å². The van der Waals surface area contributed by atoms with Crippen LogP contribution in [0.15, 0.2) is 47.3 Å². The van der Waals surface area contributed by atoms with E-state index >= 15 is 0 Å². The summed E-state index contributed by atoms with van der Waals surface area (Å²) in [6.45, 7) is 2.76. The average Bonchev–Trinajstić information content (AvgIpc) is 3.05. The summed E-state index contributed by atoms with van der Waals surface area (Å²) >= 11 is 0. The fourth-order valence-corrected chi connectivity index (χ4v) is 4.66. The number of phenols is 1. The number of ether oxygens (including phenoxy) is 1. The molecule has 0 bridgehead atoms. The molecule has 0 saturated carbocycles. The zero-order valence-corrected chi connectivity index (χ0v) is 15.8. The van der Waals surface area contributed by atoms with Gasteiger partial charge in [0.2, 0.25) is 0 Å². The number of aromatic hydroxyl groups is 1. The fraction of sp³-hybridized carbons (Fsp3) is 0.409. The summed E-state index contributed by atoms with van der Waals surface area (Å²) in [5, 5.41) is 10.1. The number of para-hydroxylation sites is 3. The van der Waals surface area contributed by atoms with E-state index in [4.69, 9.17) is 4.74 Å². The first kappa shape index (κ1) is 17.4. The van der Waals surface area contributed by atoms with Crippen molar-refractivity contribution in [1.29, 1.82) is 0 Å². The van der Waals surface area contributed by atoms with Gasteiger partial charge in [-0.2, -0.15) is 0 Å². The van der Waals surface area contributed by atoms with Crippen molar-refractivity contribution < 1.29 is 9.84 Å². The highest BCUT2D eigenvalue weighted by Crippen LogP contribution is 2.36. The van der Waals surface area contributed by atoms with Gasteiger partial charge in [-0.05, 0) is 49.4 Å². The highest BCUT2D eigenvalue weighted by atomic mass is 16.5. The van der Waals surface area contributed by atoms with Gasteiger partial charge in [-0.1, -0.05) is 24.3 Å². The summed E-state index contributed by atoms with van der Waals surface area (Å²) in [6.07, 6.45) is 3.92. The van der Waals surface area contributed by atoms with E-state index in [2.05, 4.69) is 9.88 Å². The van der Waals surface area contributed by atoms with Gasteiger partial charge in [0, 0.05) is 25.7 Å². The van der Waals surface area contributed by atoms with Gasteiger partial charge >= 0.3 is 5.69 Å². The number of H-pyrrole nitrogens is 1. The van der Waals surface area contributed by atoms with Crippen LogP contribution >= 0.6 is 0 Å². The molecule has 0 radical (unpaired) electrons. The molecule has 1 atom stereocenters. The van der Waals surface area contributed by atoms with Gasteiger partial charge in [0.05, 0.1) is 11.0 Å². The van der Waals surface area contributed by atoms with Gasteiger partial charge in [0.25, 0.3) is 0 Å². The molecule has 1 saturated heterocycles. The number of phenolic OH excluding ortho intramolecular Hbond substituents is 1. The summed E-state index contributed by atoms with van der Waals surface area (Å²) in [4.78, 5) is 17.8. The maximum Gasteiger partial charge on any atom is 0.326 e. The molecule has 3 heterocycles. The molecule has 28 heavy (non-hydrogen) atoms. The van der Waals surface area contributed by atoms with Gasteiger partial charge in [0.15, 0.2) is 11.5 Å². The Morgan fingerprint density at radius 3 is 2.75 bits per heavy atom. The van der Waals surface area contributed by atoms with E-state index in [1.165, 1.54) is 0 Å². The largest absolute Gasteiger partial charge is 0.504 e. The molecule has 3 aromatic rings. The maximum absolute atomic E-state index is 12.4. The zero-order valence-electron chi connectivity index (χ0n) is 15.8. The Morgan fingerprint density at radius 2 is 1.89 bits per heavy atom. The minimum atomic E-state index is -0.0117. The van der Waals surface area contributed by atoms with Gasteiger partial charge < -0.3 is 14.8 Å². The molecule has 2 aliphatic rings. The molecule has 1 unspecified atom stereocenters. The number of aryl methyl sites for hydroxylation is 1. The predicted octanol–water partition coefficient (Wildman–Crippen LogP) is 3.07. The maximum atomic E-state index is 12.4. The van der Waals surface area contributed by atoms with Crippen LogP contribution in [0.5, 0.6) is 11.5 Å². The monoisotopic (exact) mass is 379 g/mol. The molecular weight excluding hydrogens is 354 g/mol. The molecule has 6 heteroatoms. The summed E-state index contributed by atoms with van der Waals surface area (Å²) in [7, 11) is 0. The first-order valence-corrected chi connectivity index (χ1v) is 10.1. The molecule has 1 fully saturated rings. The molecule has 5 rings (SSSR count).